The summed E-state index contributed by atoms with van der Waals surface area (Å²) in [6, 6.07) is 1.56. The van der Waals surface area contributed by atoms with Crippen molar-refractivity contribution in [1.29, 1.82) is 0 Å². The fourth-order valence-corrected chi connectivity index (χ4v) is 4.95. The Labute approximate surface area is 117 Å². The Hall–Kier alpha value is -0.140. The van der Waals surface area contributed by atoms with Crippen molar-refractivity contribution in [2.75, 3.05) is 13.1 Å². The van der Waals surface area contributed by atoms with Gasteiger partial charge in [-0.1, -0.05) is 18.5 Å². The summed E-state index contributed by atoms with van der Waals surface area (Å²) in [6.07, 6.45) is 0. The molecule has 0 radical (unpaired) electrons. The number of thiophene rings is 1. The van der Waals surface area contributed by atoms with Gasteiger partial charge in [-0.3, -0.25) is 0 Å². The number of nitrogens with zero attached hydrogens (tertiary/aromatic N) is 1. The van der Waals surface area contributed by atoms with Crippen LogP contribution in [-0.4, -0.2) is 36.5 Å². The van der Waals surface area contributed by atoms with Gasteiger partial charge in [0.15, 0.2) is 0 Å². The maximum atomic E-state index is 12.4. The second kappa shape index (κ2) is 5.46. The number of halogens is 1. The molecule has 1 N–H and O–H groups in total. The highest BCUT2D eigenvalue weighted by molar-refractivity contribution is 7.91. The van der Waals surface area contributed by atoms with Gasteiger partial charge >= 0.3 is 0 Å². The molecule has 1 rings (SSSR count). The largest absolute Gasteiger partial charge is 0.389 e. The molecular weight excluding hydrogens is 294 g/mol. The SMILES string of the molecule is CCN(CC(C)(C)O)S(=O)(=O)c1cc(C)c(Cl)s1. The predicted octanol–water partition coefficient (Wildman–Crippen LogP) is 2.49. The third kappa shape index (κ3) is 3.68. The van der Waals surface area contributed by atoms with Gasteiger partial charge in [0.05, 0.1) is 9.94 Å². The van der Waals surface area contributed by atoms with Crippen molar-refractivity contribution < 1.29 is 13.5 Å². The third-order valence-corrected chi connectivity index (χ3v) is 6.27. The van der Waals surface area contributed by atoms with Crippen LogP contribution >= 0.6 is 22.9 Å². The molecule has 0 fully saturated rings. The number of aryl methyl sites for hydroxylation is 1. The molecule has 18 heavy (non-hydrogen) atoms. The van der Waals surface area contributed by atoms with Crippen LogP contribution in [0.15, 0.2) is 10.3 Å². The van der Waals surface area contributed by atoms with Crippen LogP contribution in [0, 0.1) is 6.92 Å². The molecule has 0 saturated heterocycles. The van der Waals surface area contributed by atoms with Gasteiger partial charge in [0.25, 0.3) is 10.0 Å². The van der Waals surface area contributed by atoms with Gasteiger partial charge in [-0.05, 0) is 32.4 Å². The lowest BCUT2D eigenvalue weighted by molar-refractivity contribution is 0.0602. The lowest BCUT2D eigenvalue weighted by Gasteiger charge is -2.26. The second-order valence-electron chi connectivity index (χ2n) is 4.77. The Morgan fingerprint density at radius 2 is 2.06 bits per heavy atom. The lowest BCUT2D eigenvalue weighted by Crippen LogP contribution is -2.41. The summed E-state index contributed by atoms with van der Waals surface area (Å²) < 4.78 is 26.7. The van der Waals surface area contributed by atoms with Crippen molar-refractivity contribution in [1.82, 2.24) is 4.31 Å². The molecule has 1 aromatic heterocycles. The van der Waals surface area contributed by atoms with Crippen molar-refractivity contribution in [3.8, 4) is 0 Å². The summed E-state index contributed by atoms with van der Waals surface area (Å²) in [4.78, 5) is 0. The van der Waals surface area contributed by atoms with E-state index in [0.717, 1.165) is 16.9 Å². The number of aliphatic hydroxyl groups is 1. The summed E-state index contributed by atoms with van der Waals surface area (Å²) in [5.74, 6) is 0. The van der Waals surface area contributed by atoms with E-state index in [4.69, 9.17) is 11.6 Å². The van der Waals surface area contributed by atoms with E-state index >= 15 is 0 Å². The fraction of sp³-hybridized carbons (Fsp3) is 0.636. The van der Waals surface area contributed by atoms with E-state index in [-0.39, 0.29) is 10.8 Å². The number of rotatable bonds is 5. The zero-order valence-corrected chi connectivity index (χ0v) is 13.3. The van der Waals surface area contributed by atoms with E-state index in [1.807, 2.05) is 0 Å². The number of sulfonamides is 1. The first-order valence-corrected chi connectivity index (χ1v) is 8.20. The summed E-state index contributed by atoms with van der Waals surface area (Å²) >= 11 is 6.95. The van der Waals surface area contributed by atoms with E-state index in [1.165, 1.54) is 4.31 Å². The van der Waals surface area contributed by atoms with Crippen LogP contribution in [0.1, 0.15) is 26.3 Å². The van der Waals surface area contributed by atoms with Gasteiger partial charge < -0.3 is 5.11 Å². The zero-order valence-electron chi connectivity index (χ0n) is 10.9. The molecule has 1 heterocycles. The molecule has 0 atom stereocenters. The number of likely N-dealkylation sites (N-methyl/N-ethyl adjacent to an activating group) is 1. The molecular formula is C11H18ClNO3S2. The van der Waals surface area contributed by atoms with Gasteiger partial charge in [0.2, 0.25) is 0 Å². The van der Waals surface area contributed by atoms with Gasteiger partial charge in [0.1, 0.15) is 4.21 Å². The monoisotopic (exact) mass is 311 g/mol. The standard InChI is InChI=1S/C11H18ClNO3S2/c1-5-13(7-11(3,4)14)18(15,16)9-6-8(2)10(12)17-9/h6,14H,5,7H2,1-4H3. The minimum atomic E-state index is -3.58. The van der Waals surface area contributed by atoms with Crippen LogP contribution in [-0.2, 0) is 10.0 Å². The summed E-state index contributed by atoms with van der Waals surface area (Å²) in [5.41, 5.74) is -0.321. The summed E-state index contributed by atoms with van der Waals surface area (Å²) in [6.45, 7) is 7.03. The predicted molar refractivity (Wildman–Crippen MR) is 74.8 cm³/mol. The molecule has 0 aromatic carbocycles. The third-order valence-electron chi connectivity index (χ3n) is 2.34. The Kier molecular flexibility index (Phi) is 4.83. The van der Waals surface area contributed by atoms with Crippen LogP contribution in [0.3, 0.4) is 0 Å². The molecule has 0 aliphatic heterocycles. The molecule has 0 bridgehead atoms. The first-order valence-electron chi connectivity index (χ1n) is 5.56. The Morgan fingerprint density at radius 3 is 2.39 bits per heavy atom. The number of hydrogen-bond donors (Lipinski definition) is 1. The van der Waals surface area contributed by atoms with E-state index in [9.17, 15) is 13.5 Å². The maximum Gasteiger partial charge on any atom is 0.252 e. The summed E-state index contributed by atoms with van der Waals surface area (Å²) in [5, 5.41) is 9.76. The quantitative estimate of drug-likeness (QED) is 0.909. The van der Waals surface area contributed by atoms with Crippen LogP contribution < -0.4 is 0 Å². The van der Waals surface area contributed by atoms with Gasteiger partial charge in [0, 0.05) is 13.1 Å². The van der Waals surface area contributed by atoms with Crippen LogP contribution in [0.5, 0.6) is 0 Å². The Balaban J connectivity index is 3.11. The Morgan fingerprint density at radius 1 is 1.50 bits per heavy atom. The minimum Gasteiger partial charge on any atom is -0.389 e. The maximum absolute atomic E-state index is 12.4. The fourth-order valence-electron chi connectivity index (χ4n) is 1.48. The molecule has 7 heteroatoms. The molecule has 0 unspecified atom stereocenters. The van der Waals surface area contributed by atoms with Gasteiger partial charge in [-0.15, -0.1) is 11.3 Å². The molecule has 0 aliphatic rings. The highest BCUT2D eigenvalue weighted by Gasteiger charge is 2.29. The zero-order chi connectivity index (χ0) is 14.1. The lowest BCUT2D eigenvalue weighted by atomic mass is 10.1. The van der Waals surface area contributed by atoms with Crippen molar-refractivity contribution in [2.45, 2.75) is 37.5 Å². The normalized spacial score (nSPS) is 13.3. The van der Waals surface area contributed by atoms with E-state index < -0.39 is 15.6 Å². The topological polar surface area (TPSA) is 57.6 Å². The molecule has 0 saturated carbocycles. The smallest absolute Gasteiger partial charge is 0.252 e. The van der Waals surface area contributed by atoms with Crippen molar-refractivity contribution in [3.63, 3.8) is 0 Å². The molecule has 0 aliphatic carbocycles. The van der Waals surface area contributed by atoms with Gasteiger partial charge in [-0.2, -0.15) is 4.31 Å². The van der Waals surface area contributed by atoms with Crippen molar-refractivity contribution in [2.24, 2.45) is 0 Å². The van der Waals surface area contributed by atoms with E-state index in [1.54, 1.807) is 33.8 Å². The molecule has 104 valence electrons. The molecule has 4 nitrogen and oxygen atoms in total. The number of hydrogen-bond acceptors (Lipinski definition) is 4. The minimum absolute atomic E-state index is 0.0560. The second-order valence-corrected chi connectivity index (χ2v) is 8.58. The summed E-state index contributed by atoms with van der Waals surface area (Å²) in [7, 11) is -3.58. The van der Waals surface area contributed by atoms with Gasteiger partial charge in [-0.25, -0.2) is 8.42 Å². The van der Waals surface area contributed by atoms with Crippen molar-refractivity contribution in [3.05, 3.63) is 16.0 Å². The average molecular weight is 312 g/mol. The average Bonchev–Trinajstić information content (AvgIpc) is 2.55. The molecule has 1 aromatic rings. The first kappa shape index (κ1) is 15.9. The first-order chi connectivity index (χ1) is 8.08. The highest BCUT2D eigenvalue weighted by Crippen LogP contribution is 2.32. The van der Waals surface area contributed by atoms with Crippen LogP contribution in [0.4, 0.5) is 0 Å². The highest BCUT2D eigenvalue weighted by atomic mass is 35.5. The molecule has 0 spiro atoms. The van der Waals surface area contributed by atoms with E-state index in [0.29, 0.717) is 10.9 Å². The van der Waals surface area contributed by atoms with Crippen LogP contribution in [0.2, 0.25) is 4.34 Å². The molecule has 0 amide bonds. The van der Waals surface area contributed by atoms with Crippen molar-refractivity contribution >= 4 is 33.0 Å². The van der Waals surface area contributed by atoms with Crippen LogP contribution in [0.25, 0.3) is 0 Å². The van der Waals surface area contributed by atoms with E-state index in [2.05, 4.69) is 0 Å². The Bertz CT molecular complexity index is 497.